The summed E-state index contributed by atoms with van der Waals surface area (Å²) < 4.78 is 0. The Labute approximate surface area is 152 Å². The van der Waals surface area contributed by atoms with Gasteiger partial charge in [0.15, 0.2) is 0 Å². The Bertz CT molecular complexity index is 595. The van der Waals surface area contributed by atoms with Crippen molar-refractivity contribution < 1.29 is 9.07 Å². The van der Waals surface area contributed by atoms with Gasteiger partial charge in [-0.05, 0) is 54.4 Å². The first-order chi connectivity index (χ1) is 11.7. The molecular weight excluding hydrogens is 313 g/mol. The maximum atomic E-state index is 12.6. The van der Waals surface area contributed by atoms with Crippen molar-refractivity contribution in [2.24, 2.45) is 0 Å². The Hall–Kier alpha value is -0.970. The Balaban J connectivity index is 0.00000225. The van der Waals surface area contributed by atoms with Gasteiger partial charge < -0.3 is 4.90 Å². The van der Waals surface area contributed by atoms with Crippen molar-refractivity contribution in [3.63, 3.8) is 0 Å². The lowest BCUT2D eigenvalue weighted by molar-refractivity contribution is 0.484. The highest BCUT2D eigenvalue weighted by Crippen LogP contribution is 2.61. The molecule has 1 aromatic rings. The van der Waals surface area contributed by atoms with Crippen LogP contribution in [0, 0.1) is 0 Å². The van der Waals surface area contributed by atoms with Crippen molar-refractivity contribution in [3.05, 3.63) is 24.3 Å². The fourth-order valence-electron chi connectivity index (χ4n) is 4.90. The summed E-state index contributed by atoms with van der Waals surface area (Å²) in [5, 5.41) is 1.34. The molecule has 0 aromatic heterocycles. The Morgan fingerprint density at radius 1 is 0.875 bits per heavy atom. The van der Waals surface area contributed by atoms with Crippen molar-refractivity contribution in [2.75, 3.05) is 19.0 Å². The second-order valence-corrected chi connectivity index (χ2v) is 11.6. The molecule has 2 aliphatic rings. The van der Waals surface area contributed by atoms with E-state index in [1.165, 1.54) is 75.2 Å². The molecule has 3 heteroatoms. The van der Waals surface area contributed by atoms with E-state index in [1.807, 2.05) is 0 Å². The predicted molar refractivity (Wildman–Crippen MR) is 113 cm³/mol. The van der Waals surface area contributed by atoms with Crippen molar-refractivity contribution in [3.8, 4) is 0 Å². The largest absolute Gasteiger partial charge is 0.378 e. The van der Waals surface area contributed by atoms with E-state index < -0.39 is 6.89 Å². The summed E-state index contributed by atoms with van der Waals surface area (Å²) in [5.74, 6) is 0. The van der Waals surface area contributed by atoms with Gasteiger partial charge in [0.25, 0.3) is 0 Å². The third-order valence-corrected chi connectivity index (χ3v) is 11.0. The quantitative estimate of drug-likeness (QED) is 0.633. The molecule has 0 bridgehead atoms. The van der Waals surface area contributed by atoms with Gasteiger partial charge in [-0.3, -0.25) is 0 Å². The van der Waals surface area contributed by atoms with Gasteiger partial charge >= 0.3 is 0 Å². The summed E-state index contributed by atoms with van der Waals surface area (Å²) >= 11 is 0. The van der Waals surface area contributed by atoms with Crippen LogP contribution < -0.4 is 10.2 Å². The van der Waals surface area contributed by atoms with Gasteiger partial charge in [-0.1, -0.05) is 50.7 Å². The molecule has 0 N–H and O–H groups in total. The van der Waals surface area contributed by atoms with E-state index in [0.29, 0.717) is 11.3 Å². The molecular formula is C21H38NOP. The molecule has 2 fully saturated rings. The molecule has 2 aliphatic carbocycles. The van der Waals surface area contributed by atoms with E-state index in [-0.39, 0.29) is 4.28 Å². The molecule has 0 heterocycles. The predicted octanol–water partition coefficient (Wildman–Crippen LogP) is 5.87. The number of rotatable bonds is 4. The zero-order valence-electron chi connectivity index (χ0n) is 15.3. The third kappa shape index (κ3) is 3.37. The Morgan fingerprint density at radius 2 is 1.33 bits per heavy atom. The minimum absolute atomic E-state index is 0. The van der Waals surface area contributed by atoms with Gasteiger partial charge in [0, 0.05) is 30.9 Å². The zero-order valence-corrected chi connectivity index (χ0v) is 16.2. The lowest BCUT2D eigenvalue weighted by Crippen LogP contribution is -2.30. The van der Waals surface area contributed by atoms with Crippen molar-refractivity contribution in [1.82, 2.24) is 0 Å². The van der Waals surface area contributed by atoms with Crippen LogP contribution in [-0.4, -0.2) is 31.1 Å². The van der Waals surface area contributed by atoms with Crippen LogP contribution in [0.4, 0.5) is 5.69 Å². The van der Waals surface area contributed by atoms with Crippen LogP contribution in [0.25, 0.3) is 0 Å². The molecule has 0 saturated heterocycles. The first kappa shape index (κ1) is 17.8. The monoisotopic (exact) mass is 351 g/mol. The van der Waals surface area contributed by atoms with Crippen molar-refractivity contribution in [2.45, 2.75) is 75.5 Å². The van der Waals surface area contributed by atoms with E-state index in [4.69, 9.17) is 0 Å². The SMILES string of the molecule is CN(C)c1ccc(P(=C=O)(C2CCCCC2)C2CCCCC2)cc1.[HH].[HH].[HH]. The molecule has 2 nitrogen and oxygen atoms in total. The lowest BCUT2D eigenvalue weighted by Gasteiger charge is -2.41. The first-order valence-corrected chi connectivity index (χ1v) is 11.7. The molecule has 3 rings (SSSR count). The van der Waals surface area contributed by atoms with E-state index in [1.54, 1.807) is 0 Å². The maximum absolute atomic E-state index is 12.6. The van der Waals surface area contributed by atoms with E-state index in [0.717, 1.165) is 0 Å². The van der Waals surface area contributed by atoms with Gasteiger partial charge in [0.2, 0.25) is 0 Å². The number of hydrogen-bond acceptors (Lipinski definition) is 2. The minimum atomic E-state index is -1.85. The molecule has 2 saturated carbocycles. The average molecular weight is 352 g/mol. The number of anilines is 1. The summed E-state index contributed by atoms with van der Waals surface area (Å²) in [6.07, 6.45) is 12.9. The first-order valence-electron chi connectivity index (χ1n) is 9.74. The molecule has 0 amide bonds. The number of hydrogen-bond donors (Lipinski definition) is 0. The van der Waals surface area contributed by atoms with Gasteiger partial charge in [-0.2, -0.15) is 0 Å². The van der Waals surface area contributed by atoms with Crippen molar-refractivity contribution >= 4 is 23.5 Å². The number of carbonyl (C=O) groups excluding carboxylic acids is 1. The summed E-state index contributed by atoms with van der Waals surface area (Å²) in [6, 6.07) is 8.93. The molecule has 0 radical (unpaired) electrons. The van der Waals surface area contributed by atoms with Crippen LogP contribution in [0.15, 0.2) is 24.3 Å². The molecule has 0 spiro atoms. The van der Waals surface area contributed by atoms with Crippen LogP contribution >= 0.6 is 6.89 Å². The summed E-state index contributed by atoms with van der Waals surface area (Å²) in [5.41, 5.74) is 5.17. The second kappa shape index (κ2) is 7.94. The lowest BCUT2D eigenvalue weighted by atomic mass is 9.99. The van der Waals surface area contributed by atoms with Crippen LogP contribution in [0.3, 0.4) is 0 Å². The van der Waals surface area contributed by atoms with Crippen LogP contribution in [-0.2, 0) is 4.79 Å². The topological polar surface area (TPSA) is 20.3 Å². The van der Waals surface area contributed by atoms with Gasteiger partial charge in [-0.25, -0.2) is 4.79 Å². The molecule has 138 valence electrons. The highest BCUT2D eigenvalue weighted by Gasteiger charge is 2.39. The Morgan fingerprint density at radius 3 is 1.71 bits per heavy atom. The van der Waals surface area contributed by atoms with Gasteiger partial charge in [0.05, 0.1) is 0 Å². The number of nitrogens with zero attached hydrogens (tertiary/aromatic N) is 1. The van der Waals surface area contributed by atoms with Crippen LogP contribution in [0.5, 0.6) is 0 Å². The van der Waals surface area contributed by atoms with Gasteiger partial charge in [0.1, 0.15) is 5.66 Å². The average Bonchev–Trinajstić information content (AvgIpc) is 2.65. The van der Waals surface area contributed by atoms with Crippen LogP contribution in [0.2, 0.25) is 0 Å². The van der Waals surface area contributed by atoms with Crippen molar-refractivity contribution in [1.29, 1.82) is 0 Å². The Kier molecular flexibility index (Phi) is 5.90. The maximum Gasteiger partial charge on any atom is 0.119 e. The van der Waals surface area contributed by atoms with E-state index in [9.17, 15) is 4.79 Å². The van der Waals surface area contributed by atoms with Crippen LogP contribution in [0.1, 0.15) is 68.5 Å². The zero-order chi connectivity index (χ0) is 17.0. The summed E-state index contributed by atoms with van der Waals surface area (Å²) in [4.78, 5) is 14.7. The molecule has 0 aliphatic heterocycles. The molecule has 0 unspecified atom stereocenters. The summed E-state index contributed by atoms with van der Waals surface area (Å²) in [7, 11) is 4.15. The van der Waals surface area contributed by atoms with E-state index >= 15 is 0 Å². The second-order valence-electron chi connectivity index (χ2n) is 7.86. The smallest absolute Gasteiger partial charge is 0.119 e. The molecule has 0 atom stereocenters. The highest BCUT2D eigenvalue weighted by molar-refractivity contribution is 7.82. The fraction of sp³-hybridized carbons (Fsp3) is 0.667. The highest BCUT2D eigenvalue weighted by atomic mass is 31.2. The number of benzene rings is 1. The standard InChI is InChI=1S/C21H32NOP.3H2/c1-22(2)18-13-15-21(16-14-18)24(17-23,19-9-5-3-6-10-19)20-11-7-4-8-12-20;;;/h13-16,19-20H,3-12H2,1-2H3;3*1H. The minimum Gasteiger partial charge on any atom is -0.378 e. The third-order valence-electron chi connectivity index (χ3n) is 6.25. The van der Waals surface area contributed by atoms with Gasteiger partial charge in [-0.15, -0.1) is 0 Å². The molecule has 24 heavy (non-hydrogen) atoms. The van der Waals surface area contributed by atoms with E-state index in [2.05, 4.69) is 48.9 Å². The summed E-state index contributed by atoms with van der Waals surface area (Å²) in [6.45, 7) is -1.85. The fourth-order valence-corrected chi connectivity index (χ4v) is 9.74. The molecule has 1 aromatic carbocycles. The normalized spacial score (nSPS) is 20.6.